The maximum Gasteiger partial charge on any atom is 0.0420 e. The summed E-state index contributed by atoms with van der Waals surface area (Å²) < 4.78 is 0. The van der Waals surface area contributed by atoms with E-state index in [9.17, 15) is 0 Å². The highest BCUT2D eigenvalue weighted by atomic mass is 32.2. The van der Waals surface area contributed by atoms with Crippen molar-refractivity contribution in [1.29, 1.82) is 0 Å². The molecule has 0 aliphatic heterocycles. The molecule has 1 aliphatic rings. The third kappa shape index (κ3) is 1.69. The van der Waals surface area contributed by atoms with Crippen LogP contribution in [0.3, 0.4) is 0 Å². The van der Waals surface area contributed by atoms with Gasteiger partial charge in [-0.25, -0.2) is 0 Å². The standard InChI is InChI=1S/C12H17NS/c1-14-11-7-3-2-6-10(11)12(13)8-4-5-9-12/h2-3,6-7H,4-5,8-9,13H2,1H3. The molecule has 0 spiro atoms. The average molecular weight is 207 g/mol. The van der Waals surface area contributed by atoms with Gasteiger partial charge in [0.25, 0.3) is 0 Å². The van der Waals surface area contributed by atoms with Gasteiger partial charge in [-0.2, -0.15) is 0 Å². The lowest BCUT2D eigenvalue weighted by Gasteiger charge is -2.26. The monoisotopic (exact) mass is 207 g/mol. The predicted octanol–water partition coefficient (Wildman–Crippen LogP) is 3.14. The zero-order chi connectivity index (χ0) is 10.0. The molecule has 0 amide bonds. The van der Waals surface area contributed by atoms with Gasteiger partial charge in [0.2, 0.25) is 0 Å². The fourth-order valence-corrected chi connectivity index (χ4v) is 3.04. The zero-order valence-electron chi connectivity index (χ0n) is 8.62. The largest absolute Gasteiger partial charge is 0.321 e. The van der Waals surface area contributed by atoms with Gasteiger partial charge >= 0.3 is 0 Å². The second-order valence-corrected chi connectivity index (χ2v) is 4.91. The molecule has 2 heteroatoms. The van der Waals surface area contributed by atoms with E-state index in [1.165, 1.54) is 23.3 Å². The predicted molar refractivity (Wildman–Crippen MR) is 62.6 cm³/mol. The summed E-state index contributed by atoms with van der Waals surface area (Å²) in [7, 11) is 0. The summed E-state index contributed by atoms with van der Waals surface area (Å²) in [6.45, 7) is 0. The first kappa shape index (κ1) is 10.1. The lowest BCUT2D eigenvalue weighted by molar-refractivity contribution is 0.453. The van der Waals surface area contributed by atoms with E-state index in [4.69, 9.17) is 5.73 Å². The van der Waals surface area contributed by atoms with Crippen LogP contribution in [0.25, 0.3) is 0 Å². The van der Waals surface area contributed by atoms with Gasteiger partial charge < -0.3 is 5.73 Å². The molecule has 76 valence electrons. The number of hydrogen-bond acceptors (Lipinski definition) is 2. The molecule has 0 unspecified atom stereocenters. The van der Waals surface area contributed by atoms with Crippen molar-refractivity contribution in [2.75, 3.05) is 6.26 Å². The van der Waals surface area contributed by atoms with Crippen molar-refractivity contribution in [3.05, 3.63) is 29.8 Å². The van der Waals surface area contributed by atoms with Crippen LogP contribution in [-0.4, -0.2) is 6.26 Å². The molecule has 2 N–H and O–H groups in total. The first-order chi connectivity index (χ1) is 6.76. The molecular weight excluding hydrogens is 190 g/mol. The Balaban J connectivity index is 2.39. The number of nitrogens with two attached hydrogens (primary N) is 1. The number of hydrogen-bond donors (Lipinski definition) is 1. The van der Waals surface area contributed by atoms with Gasteiger partial charge in [-0.3, -0.25) is 0 Å². The number of rotatable bonds is 2. The van der Waals surface area contributed by atoms with Gasteiger partial charge in [0.1, 0.15) is 0 Å². The van der Waals surface area contributed by atoms with Gasteiger partial charge in [0.15, 0.2) is 0 Å². The highest BCUT2D eigenvalue weighted by molar-refractivity contribution is 7.98. The van der Waals surface area contributed by atoms with Crippen molar-refractivity contribution in [3.8, 4) is 0 Å². The summed E-state index contributed by atoms with van der Waals surface area (Å²) in [4.78, 5) is 1.34. The molecule has 0 atom stereocenters. The minimum Gasteiger partial charge on any atom is -0.321 e. The van der Waals surface area contributed by atoms with Crippen LogP contribution in [0.2, 0.25) is 0 Å². The Kier molecular flexibility index (Phi) is 2.84. The third-order valence-electron chi connectivity index (χ3n) is 3.14. The molecule has 1 saturated carbocycles. The van der Waals surface area contributed by atoms with E-state index in [0.29, 0.717) is 0 Å². The molecule has 0 bridgehead atoms. The van der Waals surface area contributed by atoms with Crippen LogP contribution in [0.5, 0.6) is 0 Å². The summed E-state index contributed by atoms with van der Waals surface area (Å²) in [5.41, 5.74) is 7.75. The molecule has 1 nitrogen and oxygen atoms in total. The van der Waals surface area contributed by atoms with Crippen LogP contribution >= 0.6 is 11.8 Å². The molecule has 0 aromatic heterocycles. The molecule has 14 heavy (non-hydrogen) atoms. The van der Waals surface area contributed by atoms with E-state index in [-0.39, 0.29) is 5.54 Å². The second kappa shape index (κ2) is 3.95. The van der Waals surface area contributed by atoms with E-state index >= 15 is 0 Å². The minimum atomic E-state index is -0.0421. The van der Waals surface area contributed by atoms with E-state index in [1.54, 1.807) is 11.8 Å². The van der Waals surface area contributed by atoms with Crippen LogP contribution in [0.1, 0.15) is 31.2 Å². The number of benzene rings is 1. The first-order valence-corrected chi connectivity index (χ1v) is 6.41. The first-order valence-electron chi connectivity index (χ1n) is 5.19. The van der Waals surface area contributed by atoms with Gasteiger partial charge in [0.05, 0.1) is 0 Å². The van der Waals surface area contributed by atoms with Gasteiger partial charge in [-0.05, 0) is 30.7 Å². The lowest BCUT2D eigenvalue weighted by Crippen LogP contribution is -2.33. The molecule has 1 fully saturated rings. The van der Waals surface area contributed by atoms with Crippen molar-refractivity contribution in [1.82, 2.24) is 0 Å². The fourth-order valence-electron chi connectivity index (χ4n) is 2.33. The van der Waals surface area contributed by atoms with Crippen LogP contribution in [0.4, 0.5) is 0 Å². The summed E-state index contributed by atoms with van der Waals surface area (Å²) in [6, 6.07) is 8.56. The van der Waals surface area contributed by atoms with Crippen molar-refractivity contribution >= 4 is 11.8 Å². The van der Waals surface area contributed by atoms with Gasteiger partial charge in [-0.1, -0.05) is 31.0 Å². The molecule has 1 aromatic carbocycles. The molecule has 0 radical (unpaired) electrons. The highest BCUT2D eigenvalue weighted by Crippen LogP contribution is 2.39. The van der Waals surface area contributed by atoms with E-state index < -0.39 is 0 Å². The smallest absolute Gasteiger partial charge is 0.0420 e. The topological polar surface area (TPSA) is 26.0 Å². The zero-order valence-corrected chi connectivity index (χ0v) is 9.44. The second-order valence-electron chi connectivity index (χ2n) is 4.06. The lowest BCUT2D eigenvalue weighted by atomic mass is 9.89. The Labute approximate surface area is 90.1 Å². The molecule has 1 aliphatic carbocycles. The summed E-state index contributed by atoms with van der Waals surface area (Å²) in [5.74, 6) is 0. The van der Waals surface area contributed by atoms with E-state index in [0.717, 1.165) is 12.8 Å². The fraction of sp³-hybridized carbons (Fsp3) is 0.500. The Morgan fingerprint density at radius 1 is 1.21 bits per heavy atom. The van der Waals surface area contributed by atoms with Crippen molar-refractivity contribution in [3.63, 3.8) is 0 Å². The molecule has 1 aromatic rings. The summed E-state index contributed by atoms with van der Waals surface area (Å²) in [6.07, 6.45) is 6.96. The molecule has 0 heterocycles. The van der Waals surface area contributed by atoms with Crippen molar-refractivity contribution in [2.24, 2.45) is 5.73 Å². The maximum atomic E-state index is 6.44. The van der Waals surface area contributed by atoms with Crippen LogP contribution < -0.4 is 5.73 Å². The Hall–Kier alpha value is -0.470. The van der Waals surface area contributed by atoms with Crippen LogP contribution in [0, 0.1) is 0 Å². The molecule has 2 rings (SSSR count). The highest BCUT2D eigenvalue weighted by Gasteiger charge is 2.32. The third-order valence-corrected chi connectivity index (χ3v) is 3.93. The summed E-state index contributed by atoms with van der Waals surface area (Å²) in [5, 5.41) is 0. The van der Waals surface area contributed by atoms with E-state index in [2.05, 4.69) is 30.5 Å². The van der Waals surface area contributed by atoms with Crippen LogP contribution in [0.15, 0.2) is 29.2 Å². The van der Waals surface area contributed by atoms with Gasteiger partial charge in [0, 0.05) is 10.4 Å². The average Bonchev–Trinajstić information content (AvgIpc) is 2.66. The van der Waals surface area contributed by atoms with Crippen molar-refractivity contribution in [2.45, 2.75) is 36.1 Å². The maximum absolute atomic E-state index is 6.44. The van der Waals surface area contributed by atoms with Crippen LogP contribution in [-0.2, 0) is 5.54 Å². The SMILES string of the molecule is CSc1ccccc1C1(N)CCCC1. The number of thioether (sulfide) groups is 1. The quantitative estimate of drug-likeness (QED) is 0.754. The van der Waals surface area contributed by atoms with Gasteiger partial charge in [-0.15, -0.1) is 11.8 Å². The molecular formula is C12H17NS. The van der Waals surface area contributed by atoms with E-state index in [1.807, 2.05) is 0 Å². The Morgan fingerprint density at radius 2 is 1.86 bits per heavy atom. The Morgan fingerprint density at radius 3 is 2.50 bits per heavy atom. The summed E-state index contributed by atoms with van der Waals surface area (Å²) >= 11 is 1.80. The van der Waals surface area contributed by atoms with Crippen molar-refractivity contribution < 1.29 is 0 Å². The molecule has 0 saturated heterocycles. The Bertz CT molecular complexity index is 316. The minimum absolute atomic E-state index is 0.0421. The normalized spacial score (nSPS) is 19.9.